The molecular weight excluding hydrogens is 460 g/mol. The van der Waals surface area contributed by atoms with Gasteiger partial charge in [0, 0.05) is 27.8 Å². The second-order valence-corrected chi connectivity index (χ2v) is 9.57. The van der Waals surface area contributed by atoms with E-state index in [0.29, 0.717) is 0 Å². The minimum atomic E-state index is 1.07. The molecule has 0 aliphatic rings. The highest BCUT2D eigenvalue weighted by atomic mass is 15.0. The standard InChI is InChI=1S/C36H26N2/c1-3-10-26(11-4-1)27-18-21-30(22-19-27)37-31-13-9-12-28(24-31)29-20-23-36-34(25-29)33-16-7-8-17-35(33)38(36)32-14-5-2-6-15-32/h1-25,37H. The van der Waals surface area contributed by atoms with Crippen molar-refractivity contribution >= 4 is 33.2 Å². The summed E-state index contributed by atoms with van der Waals surface area (Å²) in [6.45, 7) is 0. The van der Waals surface area contributed by atoms with E-state index < -0.39 is 0 Å². The van der Waals surface area contributed by atoms with Gasteiger partial charge in [0.15, 0.2) is 0 Å². The summed E-state index contributed by atoms with van der Waals surface area (Å²) in [5, 5.41) is 6.11. The predicted molar refractivity (Wildman–Crippen MR) is 161 cm³/mol. The van der Waals surface area contributed by atoms with Crippen molar-refractivity contribution in [2.75, 3.05) is 5.32 Å². The van der Waals surface area contributed by atoms with Crippen molar-refractivity contribution in [3.05, 3.63) is 152 Å². The molecule has 0 saturated heterocycles. The quantitative estimate of drug-likeness (QED) is 0.256. The SMILES string of the molecule is c1ccc(-c2ccc(Nc3cccc(-c4ccc5c(c4)c4ccccc4n5-c4ccccc4)c3)cc2)cc1. The molecule has 0 amide bonds. The minimum Gasteiger partial charge on any atom is -0.356 e. The molecule has 0 saturated carbocycles. The number of anilines is 2. The lowest BCUT2D eigenvalue weighted by molar-refractivity contribution is 1.18. The number of benzene rings is 6. The van der Waals surface area contributed by atoms with E-state index in [1.807, 2.05) is 6.07 Å². The minimum absolute atomic E-state index is 1.07. The van der Waals surface area contributed by atoms with Crippen LogP contribution in [-0.2, 0) is 0 Å². The lowest BCUT2D eigenvalue weighted by Gasteiger charge is -2.11. The van der Waals surface area contributed by atoms with Crippen LogP contribution in [0.25, 0.3) is 49.7 Å². The fourth-order valence-electron chi connectivity index (χ4n) is 5.33. The number of aromatic nitrogens is 1. The van der Waals surface area contributed by atoms with Crippen LogP contribution in [0, 0.1) is 0 Å². The molecule has 7 aromatic rings. The number of para-hydroxylation sites is 2. The predicted octanol–water partition coefficient (Wildman–Crippen LogP) is 9.86. The summed E-state index contributed by atoms with van der Waals surface area (Å²) in [6, 6.07) is 53.8. The first kappa shape index (κ1) is 22.1. The van der Waals surface area contributed by atoms with Crippen LogP contribution in [0.3, 0.4) is 0 Å². The topological polar surface area (TPSA) is 17.0 Å². The van der Waals surface area contributed by atoms with Crippen LogP contribution in [0.1, 0.15) is 0 Å². The Hall–Kier alpha value is -5.08. The van der Waals surface area contributed by atoms with Gasteiger partial charge in [0.25, 0.3) is 0 Å². The molecule has 180 valence electrons. The number of rotatable bonds is 5. The molecular formula is C36H26N2. The van der Waals surface area contributed by atoms with E-state index in [-0.39, 0.29) is 0 Å². The molecule has 1 aromatic heterocycles. The first-order valence-electron chi connectivity index (χ1n) is 13.0. The zero-order chi connectivity index (χ0) is 25.3. The fraction of sp³-hybridized carbons (Fsp3) is 0. The average Bonchev–Trinajstić information content (AvgIpc) is 3.32. The number of nitrogens with zero attached hydrogens (tertiary/aromatic N) is 1. The van der Waals surface area contributed by atoms with Crippen molar-refractivity contribution in [1.82, 2.24) is 4.57 Å². The van der Waals surface area contributed by atoms with Crippen molar-refractivity contribution < 1.29 is 0 Å². The Labute approximate surface area is 222 Å². The Morgan fingerprint density at radius 3 is 1.79 bits per heavy atom. The summed E-state index contributed by atoms with van der Waals surface area (Å²) in [5.74, 6) is 0. The molecule has 0 aliphatic carbocycles. The van der Waals surface area contributed by atoms with Gasteiger partial charge >= 0.3 is 0 Å². The van der Waals surface area contributed by atoms with Gasteiger partial charge in [-0.25, -0.2) is 0 Å². The molecule has 1 heterocycles. The Balaban J connectivity index is 1.23. The molecule has 0 bridgehead atoms. The second kappa shape index (κ2) is 9.42. The summed E-state index contributed by atoms with van der Waals surface area (Å²) in [5.41, 5.74) is 10.6. The molecule has 1 N–H and O–H groups in total. The fourth-order valence-corrected chi connectivity index (χ4v) is 5.33. The molecule has 0 radical (unpaired) electrons. The molecule has 0 fully saturated rings. The van der Waals surface area contributed by atoms with E-state index in [1.54, 1.807) is 0 Å². The summed E-state index contributed by atoms with van der Waals surface area (Å²) in [6.07, 6.45) is 0. The summed E-state index contributed by atoms with van der Waals surface area (Å²) in [4.78, 5) is 0. The number of fused-ring (bicyclic) bond motifs is 3. The Kier molecular flexibility index (Phi) is 5.49. The van der Waals surface area contributed by atoms with E-state index in [2.05, 4.69) is 155 Å². The molecule has 6 aromatic carbocycles. The lowest BCUT2D eigenvalue weighted by Crippen LogP contribution is -1.93. The van der Waals surface area contributed by atoms with E-state index in [9.17, 15) is 0 Å². The second-order valence-electron chi connectivity index (χ2n) is 9.57. The monoisotopic (exact) mass is 486 g/mol. The molecule has 0 unspecified atom stereocenters. The molecule has 2 heteroatoms. The zero-order valence-corrected chi connectivity index (χ0v) is 20.9. The van der Waals surface area contributed by atoms with Crippen LogP contribution >= 0.6 is 0 Å². The number of hydrogen-bond donors (Lipinski definition) is 1. The molecule has 2 nitrogen and oxygen atoms in total. The highest BCUT2D eigenvalue weighted by molar-refractivity contribution is 6.10. The number of nitrogens with one attached hydrogen (secondary N) is 1. The third-order valence-electron chi connectivity index (χ3n) is 7.16. The largest absolute Gasteiger partial charge is 0.356 e. The van der Waals surface area contributed by atoms with Crippen molar-refractivity contribution in [2.24, 2.45) is 0 Å². The Morgan fingerprint density at radius 2 is 0.974 bits per heavy atom. The van der Waals surface area contributed by atoms with Crippen LogP contribution in [0.15, 0.2) is 152 Å². The van der Waals surface area contributed by atoms with Gasteiger partial charge in [-0.3, -0.25) is 0 Å². The van der Waals surface area contributed by atoms with E-state index in [0.717, 1.165) is 11.4 Å². The van der Waals surface area contributed by atoms with Gasteiger partial charge in [0.2, 0.25) is 0 Å². The van der Waals surface area contributed by atoms with E-state index in [4.69, 9.17) is 0 Å². The highest BCUT2D eigenvalue weighted by Crippen LogP contribution is 2.35. The maximum atomic E-state index is 3.58. The van der Waals surface area contributed by atoms with Gasteiger partial charge in [-0.15, -0.1) is 0 Å². The van der Waals surface area contributed by atoms with Gasteiger partial charge < -0.3 is 9.88 Å². The van der Waals surface area contributed by atoms with Crippen LogP contribution in [-0.4, -0.2) is 4.57 Å². The molecule has 0 atom stereocenters. The normalized spacial score (nSPS) is 11.2. The maximum absolute atomic E-state index is 3.58. The maximum Gasteiger partial charge on any atom is 0.0541 e. The van der Waals surface area contributed by atoms with Crippen molar-refractivity contribution in [1.29, 1.82) is 0 Å². The highest BCUT2D eigenvalue weighted by Gasteiger charge is 2.13. The molecule has 7 rings (SSSR count). The smallest absolute Gasteiger partial charge is 0.0541 e. The van der Waals surface area contributed by atoms with Crippen molar-refractivity contribution in [3.63, 3.8) is 0 Å². The van der Waals surface area contributed by atoms with Crippen LogP contribution in [0.4, 0.5) is 11.4 Å². The van der Waals surface area contributed by atoms with Crippen LogP contribution < -0.4 is 5.32 Å². The van der Waals surface area contributed by atoms with Crippen LogP contribution in [0.5, 0.6) is 0 Å². The Bertz CT molecular complexity index is 1860. The first-order valence-corrected chi connectivity index (χ1v) is 13.0. The van der Waals surface area contributed by atoms with Gasteiger partial charge in [0.1, 0.15) is 0 Å². The van der Waals surface area contributed by atoms with Gasteiger partial charge in [-0.2, -0.15) is 0 Å². The van der Waals surface area contributed by atoms with E-state index in [1.165, 1.54) is 49.7 Å². The molecule has 0 aliphatic heterocycles. The first-order chi connectivity index (χ1) is 18.8. The number of hydrogen-bond acceptors (Lipinski definition) is 1. The van der Waals surface area contributed by atoms with E-state index >= 15 is 0 Å². The zero-order valence-electron chi connectivity index (χ0n) is 20.9. The summed E-state index contributed by atoms with van der Waals surface area (Å²) in [7, 11) is 0. The van der Waals surface area contributed by atoms with Gasteiger partial charge in [-0.05, 0) is 76.9 Å². The molecule has 38 heavy (non-hydrogen) atoms. The van der Waals surface area contributed by atoms with Gasteiger partial charge in [0.05, 0.1) is 11.0 Å². The van der Waals surface area contributed by atoms with Crippen LogP contribution in [0.2, 0.25) is 0 Å². The Morgan fingerprint density at radius 1 is 0.368 bits per heavy atom. The third kappa shape index (κ3) is 4.03. The van der Waals surface area contributed by atoms with Crippen molar-refractivity contribution in [2.45, 2.75) is 0 Å². The summed E-state index contributed by atoms with van der Waals surface area (Å²) < 4.78 is 2.35. The van der Waals surface area contributed by atoms with Crippen molar-refractivity contribution in [3.8, 4) is 27.9 Å². The lowest BCUT2D eigenvalue weighted by atomic mass is 10.0. The molecule has 0 spiro atoms. The van der Waals surface area contributed by atoms with Gasteiger partial charge in [-0.1, -0.05) is 97.1 Å². The summed E-state index contributed by atoms with van der Waals surface area (Å²) >= 11 is 0. The average molecular weight is 487 g/mol. The third-order valence-corrected chi connectivity index (χ3v) is 7.16.